The van der Waals surface area contributed by atoms with Gasteiger partial charge >= 0.3 is 11.9 Å². The van der Waals surface area contributed by atoms with E-state index < -0.39 is 11.9 Å². The van der Waals surface area contributed by atoms with Crippen molar-refractivity contribution in [2.75, 3.05) is 38.5 Å². The third-order valence-corrected chi connectivity index (χ3v) is 5.51. The Balaban J connectivity index is 1.80. The number of carbonyl (C=O) groups is 2. The van der Waals surface area contributed by atoms with Gasteiger partial charge in [0.05, 0.1) is 32.5 Å². The van der Waals surface area contributed by atoms with Crippen molar-refractivity contribution in [2.45, 2.75) is 20.3 Å². The number of anilines is 2. The van der Waals surface area contributed by atoms with Crippen LogP contribution in [0.3, 0.4) is 0 Å². The van der Waals surface area contributed by atoms with Gasteiger partial charge in [-0.05, 0) is 74.4 Å². The summed E-state index contributed by atoms with van der Waals surface area (Å²) in [6.45, 7) is 4.17. The van der Waals surface area contributed by atoms with Crippen LogP contribution in [-0.2, 0) is 15.9 Å². The van der Waals surface area contributed by atoms with Crippen LogP contribution < -0.4 is 20.7 Å². The number of aryl methyl sites for hydroxylation is 2. The summed E-state index contributed by atoms with van der Waals surface area (Å²) in [4.78, 5) is 37.7. The SMILES string of the molecule is COC(=O)c1cc(NC(=S)NC(=NCCc2ccc(OC)cc2)Nc2nc(C)cc(C)n2)cc(C(=O)OC)c1. The first-order valence-electron chi connectivity index (χ1n) is 11.9. The fourth-order valence-electron chi connectivity index (χ4n) is 3.53. The van der Waals surface area contributed by atoms with Crippen LogP contribution in [0.1, 0.15) is 37.7 Å². The molecule has 3 N–H and O–H groups in total. The Kier molecular flexibility index (Phi) is 10.3. The topological polar surface area (TPSA) is 136 Å². The van der Waals surface area contributed by atoms with Gasteiger partial charge in [-0.1, -0.05) is 12.1 Å². The number of nitrogens with one attached hydrogen (secondary N) is 3. The van der Waals surface area contributed by atoms with E-state index in [1.54, 1.807) is 7.11 Å². The van der Waals surface area contributed by atoms with Crippen LogP contribution in [0, 0.1) is 13.8 Å². The third-order valence-electron chi connectivity index (χ3n) is 5.31. The number of rotatable bonds is 8. The van der Waals surface area contributed by atoms with Gasteiger partial charge in [-0.25, -0.2) is 19.6 Å². The molecule has 0 spiro atoms. The minimum atomic E-state index is -0.614. The monoisotopic (exact) mass is 550 g/mol. The van der Waals surface area contributed by atoms with Crippen LogP contribution in [0.5, 0.6) is 5.75 Å². The fourth-order valence-corrected chi connectivity index (χ4v) is 3.74. The van der Waals surface area contributed by atoms with Gasteiger partial charge in [0.1, 0.15) is 5.75 Å². The smallest absolute Gasteiger partial charge is 0.337 e. The molecule has 0 bridgehead atoms. The summed E-state index contributed by atoms with van der Waals surface area (Å²) in [5.74, 6) is 0.213. The van der Waals surface area contributed by atoms with Crippen molar-refractivity contribution in [3.8, 4) is 5.75 Å². The number of hydrogen-bond donors (Lipinski definition) is 3. The highest BCUT2D eigenvalue weighted by atomic mass is 32.1. The first-order chi connectivity index (χ1) is 18.7. The molecule has 0 aliphatic heterocycles. The summed E-state index contributed by atoms with van der Waals surface area (Å²) >= 11 is 5.50. The maximum atomic E-state index is 12.1. The van der Waals surface area contributed by atoms with Crippen molar-refractivity contribution < 1.29 is 23.8 Å². The molecule has 0 fully saturated rings. The molecule has 0 saturated heterocycles. The van der Waals surface area contributed by atoms with Crippen LogP contribution in [-0.4, -0.2) is 60.9 Å². The van der Waals surface area contributed by atoms with Crippen LogP contribution in [0.4, 0.5) is 11.6 Å². The molecule has 0 amide bonds. The zero-order chi connectivity index (χ0) is 28.4. The summed E-state index contributed by atoms with van der Waals surface area (Å²) < 4.78 is 14.8. The molecule has 0 unspecified atom stereocenters. The standard InChI is InChI=1S/C27H30N6O5S/c1-16-12-17(2)30-26(29-16)32-25(28-11-10-18-6-8-22(36-3)9-7-18)33-27(39)31-21-14-19(23(34)37-4)13-20(15-21)24(35)38-5/h6-9,12-15H,10-11H2,1-5H3,(H3,28,29,30,31,32,33,39). The molecule has 0 atom stereocenters. The molecule has 2 aromatic carbocycles. The summed E-state index contributed by atoms with van der Waals surface area (Å²) in [5, 5.41) is 9.21. The van der Waals surface area contributed by atoms with E-state index in [0.29, 0.717) is 30.6 Å². The van der Waals surface area contributed by atoms with Crippen molar-refractivity contribution in [1.82, 2.24) is 15.3 Å². The Morgan fingerprint density at radius 3 is 2.00 bits per heavy atom. The Labute approximate surface area is 232 Å². The molecule has 11 nitrogen and oxygen atoms in total. The van der Waals surface area contributed by atoms with Crippen molar-refractivity contribution in [3.05, 3.63) is 76.6 Å². The maximum absolute atomic E-state index is 12.1. The molecule has 204 valence electrons. The molecule has 3 aromatic rings. The lowest BCUT2D eigenvalue weighted by Gasteiger charge is -2.15. The Hall–Kier alpha value is -4.58. The first kappa shape index (κ1) is 29.0. The molecule has 0 saturated carbocycles. The molecule has 12 heteroatoms. The molecular weight excluding hydrogens is 520 g/mol. The summed E-state index contributed by atoms with van der Waals surface area (Å²) in [5.41, 5.74) is 3.34. The van der Waals surface area contributed by atoms with E-state index in [9.17, 15) is 9.59 Å². The number of aliphatic imine (C=N–C) groups is 1. The van der Waals surface area contributed by atoms with E-state index in [4.69, 9.17) is 26.4 Å². The summed E-state index contributed by atoms with van der Waals surface area (Å²) in [7, 11) is 4.13. The lowest BCUT2D eigenvalue weighted by atomic mass is 10.1. The molecule has 3 rings (SSSR count). The predicted octanol–water partition coefficient (Wildman–Crippen LogP) is 3.67. The zero-order valence-corrected chi connectivity index (χ0v) is 23.1. The molecule has 39 heavy (non-hydrogen) atoms. The Bertz CT molecular complexity index is 1320. The third kappa shape index (κ3) is 8.75. The molecule has 0 aliphatic carbocycles. The zero-order valence-electron chi connectivity index (χ0n) is 22.3. The number of benzene rings is 2. The van der Waals surface area contributed by atoms with Crippen molar-refractivity contribution >= 4 is 46.9 Å². The van der Waals surface area contributed by atoms with Gasteiger partial charge in [0.15, 0.2) is 5.11 Å². The number of hydrogen-bond acceptors (Lipinski definition) is 9. The van der Waals surface area contributed by atoms with Gasteiger partial charge in [-0.15, -0.1) is 0 Å². The highest BCUT2D eigenvalue weighted by Gasteiger charge is 2.15. The highest BCUT2D eigenvalue weighted by Crippen LogP contribution is 2.17. The van der Waals surface area contributed by atoms with E-state index in [2.05, 4.69) is 30.9 Å². The van der Waals surface area contributed by atoms with E-state index >= 15 is 0 Å². The predicted molar refractivity (Wildman–Crippen MR) is 153 cm³/mol. The molecular formula is C27H30N6O5S. The van der Waals surface area contributed by atoms with Crippen LogP contribution in [0.15, 0.2) is 53.5 Å². The average molecular weight is 551 g/mol. The average Bonchev–Trinajstić information content (AvgIpc) is 2.91. The van der Waals surface area contributed by atoms with Gasteiger partial charge in [-0.2, -0.15) is 0 Å². The van der Waals surface area contributed by atoms with Crippen molar-refractivity contribution in [1.29, 1.82) is 0 Å². The lowest BCUT2D eigenvalue weighted by Crippen LogP contribution is -2.39. The number of methoxy groups -OCH3 is 3. The quantitative estimate of drug-likeness (QED) is 0.164. The maximum Gasteiger partial charge on any atom is 0.337 e. The van der Waals surface area contributed by atoms with E-state index in [1.165, 1.54) is 32.4 Å². The Morgan fingerprint density at radius 1 is 0.872 bits per heavy atom. The number of esters is 2. The number of guanidine groups is 1. The van der Waals surface area contributed by atoms with Gasteiger partial charge in [0, 0.05) is 23.6 Å². The normalized spacial score (nSPS) is 10.8. The summed E-state index contributed by atoms with van der Waals surface area (Å²) in [6.07, 6.45) is 0.661. The summed E-state index contributed by atoms with van der Waals surface area (Å²) in [6, 6.07) is 14.0. The van der Waals surface area contributed by atoms with E-state index in [1.807, 2.05) is 44.2 Å². The molecule has 0 radical (unpaired) electrons. The molecule has 0 aliphatic rings. The number of nitrogens with zero attached hydrogens (tertiary/aromatic N) is 3. The second-order valence-electron chi connectivity index (χ2n) is 8.29. The van der Waals surface area contributed by atoms with E-state index in [-0.39, 0.29) is 16.2 Å². The first-order valence-corrected chi connectivity index (χ1v) is 12.3. The highest BCUT2D eigenvalue weighted by molar-refractivity contribution is 7.80. The molecule has 1 heterocycles. The number of thiocarbonyl (C=S) groups is 1. The molecule has 1 aromatic heterocycles. The Morgan fingerprint density at radius 2 is 1.46 bits per heavy atom. The fraction of sp³-hybridized carbons (Fsp3) is 0.259. The number of aromatic nitrogens is 2. The van der Waals surface area contributed by atoms with Crippen LogP contribution >= 0.6 is 12.2 Å². The van der Waals surface area contributed by atoms with Gasteiger partial charge in [0.2, 0.25) is 11.9 Å². The number of ether oxygens (including phenoxy) is 3. The lowest BCUT2D eigenvalue weighted by molar-refractivity contribution is 0.0599. The number of carbonyl (C=O) groups excluding carboxylic acids is 2. The van der Waals surface area contributed by atoms with Crippen molar-refractivity contribution in [3.63, 3.8) is 0 Å². The van der Waals surface area contributed by atoms with Crippen LogP contribution in [0.2, 0.25) is 0 Å². The minimum absolute atomic E-state index is 0.146. The second-order valence-corrected chi connectivity index (χ2v) is 8.70. The largest absolute Gasteiger partial charge is 0.497 e. The minimum Gasteiger partial charge on any atom is -0.497 e. The second kappa shape index (κ2) is 13.8. The van der Waals surface area contributed by atoms with Crippen molar-refractivity contribution in [2.24, 2.45) is 4.99 Å². The van der Waals surface area contributed by atoms with Gasteiger partial charge < -0.3 is 24.8 Å². The van der Waals surface area contributed by atoms with Gasteiger partial charge in [-0.3, -0.25) is 10.3 Å². The van der Waals surface area contributed by atoms with Gasteiger partial charge in [0.25, 0.3) is 0 Å². The van der Waals surface area contributed by atoms with Crippen LogP contribution in [0.25, 0.3) is 0 Å². The van der Waals surface area contributed by atoms with E-state index in [0.717, 1.165) is 22.7 Å².